The zero-order chi connectivity index (χ0) is 15.2. The Hall–Kier alpha value is -1.00. The van der Waals surface area contributed by atoms with Gasteiger partial charge in [-0.3, -0.25) is 4.79 Å². The van der Waals surface area contributed by atoms with Crippen molar-refractivity contribution in [1.29, 1.82) is 0 Å². The van der Waals surface area contributed by atoms with Crippen LogP contribution in [0, 0.1) is 0 Å². The molecule has 0 N–H and O–H groups in total. The molecule has 21 heavy (non-hydrogen) atoms. The van der Waals surface area contributed by atoms with Gasteiger partial charge in [0.15, 0.2) is 5.58 Å². The van der Waals surface area contributed by atoms with E-state index in [1.807, 2.05) is 12.1 Å². The summed E-state index contributed by atoms with van der Waals surface area (Å²) < 4.78 is 5.98. The van der Waals surface area contributed by atoms with Crippen LogP contribution in [-0.4, -0.2) is 16.0 Å². The quantitative estimate of drug-likeness (QED) is 0.780. The summed E-state index contributed by atoms with van der Waals surface area (Å²) in [5.41, 5.74) is 1.43. The zero-order valence-electron chi connectivity index (χ0n) is 12.4. The van der Waals surface area contributed by atoms with Crippen molar-refractivity contribution in [2.75, 3.05) is 0 Å². The summed E-state index contributed by atoms with van der Waals surface area (Å²) in [6.07, 6.45) is 2.21. The lowest BCUT2D eigenvalue weighted by Gasteiger charge is -2.12. The van der Waals surface area contributed by atoms with Gasteiger partial charge in [0.2, 0.25) is 5.89 Å². The number of fused-ring (bicyclic) bond motifs is 1. The number of ketones is 1. The first-order valence-electron chi connectivity index (χ1n) is 7.12. The number of nitrogens with zero attached hydrogens (tertiary/aromatic N) is 1. The van der Waals surface area contributed by atoms with Gasteiger partial charge in [0.1, 0.15) is 11.3 Å². The van der Waals surface area contributed by atoms with E-state index in [-0.39, 0.29) is 5.41 Å². The average Bonchev–Trinajstić information content (AvgIpc) is 2.98. The Morgan fingerprint density at radius 3 is 2.76 bits per heavy atom. The second-order valence-corrected chi connectivity index (χ2v) is 8.23. The Kier molecular flexibility index (Phi) is 3.78. The van der Waals surface area contributed by atoms with Crippen molar-refractivity contribution in [2.24, 2.45) is 0 Å². The molecule has 0 amide bonds. The first kappa shape index (κ1) is 14.9. The number of thioether (sulfide) groups is 1. The minimum Gasteiger partial charge on any atom is -0.439 e. The molecule has 1 aromatic heterocycles. The molecule has 0 radical (unpaired) electrons. The number of hydrogen-bond donors (Lipinski definition) is 0. The molecule has 0 aliphatic heterocycles. The van der Waals surface area contributed by atoms with Gasteiger partial charge in [-0.15, -0.1) is 11.8 Å². The largest absolute Gasteiger partial charge is 0.439 e. The topological polar surface area (TPSA) is 43.1 Å². The van der Waals surface area contributed by atoms with Crippen LogP contribution in [0.4, 0.5) is 0 Å². The van der Waals surface area contributed by atoms with Gasteiger partial charge in [0.25, 0.3) is 0 Å². The van der Waals surface area contributed by atoms with Crippen molar-refractivity contribution in [3.63, 3.8) is 0 Å². The third kappa shape index (κ3) is 2.97. The van der Waals surface area contributed by atoms with Crippen LogP contribution in [-0.2, 0) is 10.2 Å². The molecule has 112 valence electrons. The van der Waals surface area contributed by atoms with Crippen molar-refractivity contribution < 1.29 is 9.21 Å². The molecule has 1 saturated carbocycles. The molecule has 1 fully saturated rings. The summed E-state index contributed by atoms with van der Waals surface area (Å²) in [5, 5.41) is 0.965. The van der Waals surface area contributed by atoms with Crippen LogP contribution in [0.1, 0.15) is 45.9 Å². The predicted molar refractivity (Wildman–Crippen MR) is 86.2 cm³/mol. The third-order valence-electron chi connectivity index (χ3n) is 3.59. The highest BCUT2D eigenvalue weighted by molar-refractivity contribution is 8.00. The van der Waals surface area contributed by atoms with Gasteiger partial charge >= 0.3 is 0 Å². The monoisotopic (exact) mass is 323 g/mol. The van der Waals surface area contributed by atoms with Crippen LogP contribution in [0.25, 0.3) is 11.1 Å². The molecule has 0 saturated heterocycles. The lowest BCUT2D eigenvalue weighted by molar-refractivity contribution is -0.117. The molecule has 3 nitrogen and oxygen atoms in total. The second kappa shape index (κ2) is 5.33. The zero-order valence-corrected chi connectivity index (χ0v) is 14.0. The maximum Gasteiger partial charge on any atom is 0.200 e. The molecule has 1 aliphatic rings. The van der Waals surface area contributed by atoms with Gasteiger partial charge in [0, 0.05) is 23.5 Å². The van der Waals surface area contributed by atoms with Crippen LogP contribution in [0.2, 0.25) is 5.02 Å². The predicted octanol–water partition coefficient (Wildman–Crippen LogP) is 4.99. The molecule has 3 rings (SSSR count). The number of halogens is 1. The van der Waals surface area contributed by atoms with Gasteiger partial charge in [-0.05, 0) is 18.6 Å². The number of aromatic nitrogens is 1. The maximum absolute atomic E-state index is 11.4. The van der Waals surface area contributed by atoms with Crippen LogP contribution in [0.15, 0.2) is 21.4 Å². The SMILES string of the molecule is CC(C)(C)c1nc2ccc(Cl)c(SC3CCC(=O)C3)c2o1. The van der Waals surface area contributed by atoms with E-state index >= 15 is 0 Å². The summed E-state index contributed by atoms with van der Waals surface area (Å²) in [7, 11) is 0. The van der Waals surface area contributed by atoms with Gasteiger partial charge in [-0.2, -0.15) is 0 Å². The number of carbonyl (C=O) groups is 1. The third-order valence-corrected chi connectivity index (χ3v) is 5.39. The van der Waals surface area contributed by atoms with Crippen LogP contribution in [0.3, 0.4) is 0 Å². The number of hydrogen-bond acceptors (Lipinski definition) is 4. The summed E-state index contributed by atoms with van der Waals surface area (Å²) in [6.45, 7) is 6.21. The highest BCUT2D eigenvalue weighted by atomic mass is 35.5. The number of rotatable bonds is 2. The Balaban J connectivity index is 2.02. The molecular formula is C16H18ClNO2S. The van der Waals surface area contributed by atoms with Crippen LogP contribution < -0.4 is 0 Å². The summed E-state index contributed by atoms with van der Waals surface area (Å²) in [5.74, 6) is 1.05. The Bertz CT molecular complexity index is 702. The van der Waals surface area contributed by atoms with Crippen molar-refractivity contribution in [2.45, 2.75) is 55.6 Å². The lowest BCUT2D eigenvalue weighted by Crippen LogP contribution is -2.10. The van der Waals surface area contributed by atoms with Crippen LogP contribution >= 0.6 is 23.4 Å². The number of benzene rings is 1. The number of carbonyl (C=O) groups excluding carboxylic acids is 1. The Labute approximate surface area is 133 Å². The molecule has 1 atom stereocenters. The Morgan fingerprint density at radius 2 is 2.14 bits per heavy atom. The second-order valence-electron chi connectivity index (χ2n) is 6.52. The molecule has 0 spiro atoms. The molecule has 5 heteroatoms. The molecule has 0 bridgehead atoms. The standard InChI is InChI=1S/C16H18ClNO2S/c1-16(2,3)15-18-12-7-6-11(17)14(13(12)20-15)21-10-5-4-9(19)8-10/h6-7,10H,4-5,8H2,1-3H3. The van der Waals surface area contributed by atoms with Crippen molar-refractivity contribution >= 4 is 40.2 Å². The summed E-state index contributed by atoms with van der Waals surface area (Å²) in [4.78, 5) is 16.9. The van der Waals surface area contributed by atoms with E-state index in [2.05, 4.69) is 25.8 Å². The summed E-state index contributed by atoms with van der Waals surface area (Å²) >= 11 is 8.00. The molecule has 1 aromatic carbocycles. The van der Waals surface area contributed by atoms with Gasteiger partial charge in [0.05, 0.1) is 9.92 Å². The van der Waals surface area contributed by atoms with E-state index in [9.17, 15) is 4.79 Å². The molecule has 1 unspecified atom stereocenters. The minimum absolute atomic E-state index is 0.142. The lowest BCUT2D eigenvalue weighted by atomic mass is 9.97. The first-order chi connectivity index (χ1) is 9.84. The van der Waals surface area contributed by atoms with Gasteiger partial charge in [-0.1, -0.05) is 32.4 Å². The van der Waals surface area contributed by atoms with E-state index in [0.717, 1.165) is 22.4 Å². The van der Waals surface area contributed by atoms with Crippen LogP contribution in [0.5, 0.6) is 0 Å². The fourth-order valence-corrected chi connectivity index (χ4v) is 3.98. The first-order valence-corrected chi connectivity index (χ1v) is 8.38. The van der Waals surface area contributed by atoms with Crippen molar-refractivity contribution in [3.05, 3.63) is 23.0 Å². The van der Waals surface area contributed by atoms with Gasteiger partial charge < -0.3 is 4.42 Å². The average molecular weight is 324 g/mol. The fourth-order valence-electron chi connectivity index (χ4n) is 2.42. The van der Waals surface area contributed by atoms with E-state index in [4.69, 9.17) is 16.0 Å². The fraction of sp³-hybridized carbons (Fsp3) is 0.500. The molecular weight excluding hydrogens is 306 g/mol. The molecule has 2 aromatic rings. The van der Waals surface area contributed by atoms with E-state index in [1.165, 1.54) is 0 Å². The van der Waals surface area contributed by atoms with Crippen molar-refractivity contribution in [3.8, 4) is 0 Å². The highest BCUT2D eigenvalue weighted by Crippen LogP contribution is 2.42. The minimum atomic E-state index is -0.142. The smallest absolute Gasteiger partial charge is 0.200 e. The molecule has 1 aliphatic carbocycles. The van der Waals surface area contributed by atoms with Gasteiger partial charge in [-0.25, -0.2) is 4.98 Å². The van der Waals surface area contributed by atoms with E-state index in [1.54, 1.807) is 11.8 Å². The highest BCUT2D eigenvalue weighted by Gasteiger charge is 2.27. The normalized spacial score (nSPS) is 19.6. The maximum atomic E-state index is 11.4. The van der Waals surface area contributed by atoms with E-state index < -0.39 is 0 Å². The van der Waals surface area contributed by atoms with E-state index in [0.29, 0.717) is 34.8 Å². The Morgan fingerprint density at radius 1 is 1.38 bits per heavy atom. The number of oxazole rings is 1. The number of Topliss-reactive ketones (excluding diaryl/α,β-unsaturated/α-hetero) is 1. The molecule has 1 heterocycles. The summed E-state index contributed by atoms with van der Waals surface area (Å²) in [6, 6.07) is 3.75. The van der Waals surface area contributed by atoms with Crippen molar-refractivity contribution in [1.82, 2.24) is 4.98 Å².